The Morgan fingerprint density at radius 3 is 2.91 bits per heavy atom. The molecular formula is C15H19Cl2N5. The van der Waals surface area contributed by atoms with E-state index in [0.717, 1.165) is 17.9 Å². The maximum absolute atomic E-state index is 6.19. The van der Waals surface area contributed by atoms with Crippen LogP contribution in [0.5, 0.6) is 0 Å². The molecule has 0 fully saturated rings. The van der Waals surface area contributed by atoms with Gasteiger partial charge in [-0.1, -0.05) is 29.3 Å². The quantitative estimate of drug-likeness (QED) is 0.648. The van der Waals surface area contributed by atoms with Crippen LogP contribution in [0.2, 0.25) is 10.0 Å². The first-order valence-corrected chi connectivity index (χ1v) is 7.78. The van der Waals surface area contributed by atoms with Crippen molar-refractivity contribution in [3.05, 3.63) is 52.0 Å². The Morgan fingerprint density at radius 2 is 2.23 bits per heavy atom. The van der Waals surface area contributed by atoms with E-state index < -0.39 is 0 Å². The van der Waals surface area contributed by atoms with Crippen LogP contribution in [0.25, 0.3) is 0 Å². The molecule has 1 unspecified atom stereocenters. The fraction of sp³-hybridized carbons (Fsp3) is 0.333. The van der Waals surface area contributed by atoms with Crippen LogP contribution in [-0.4, -0.2) is 15.5 Å². The van der Waals surface area contributed by atoms with Crippen molar-refractivity contribution in [3.8, 4) is 0 Å². The van der Waals surface area contributed by atoms with Crippen LogP contribution in [0.1, 0.15) is 31.3 Å². The Kier molecular flexibility index (Phi) is 5.69. The third-order valence-electron chi connectivity index (χ3n) is 3.33. The molecule has 1 aromatic carbocycles. The molecule has 0 aliphatic rings. The van der Waals surface area contributed by atoms with E-state index in [4.69, 9.17) is 28.9 Å². The van der Waals surface area contributed by atoms with E-state index in [2.05, 4.69) is 22.2 Å². The second-order valence-electron chi connectivity index (χ2n) is 4.86. The lowest BCUT2D eigenvalue weighted by molar-refractivity contribution is 0.685. The molecule has 1 heterocycles. The van der Waals surface area contributed by atoms with Crippen molar-refractivity contribution in [1.82, 2.24) is 14.9 Å². The van der Waals surface area contributed by atoms with Crippen molar-refractivity contribution in [1.29, 1.82) is 0 Å². The predicted molar refractivity (Wildman–Crippen MR) is 91.2 cm³/mol. The van der Waals surface area contributed by atoms with Gasteiger partial charge >= 0.3 is 0 Å². The number of aromatic nitrogens is 2. The highest BCUT2D eigenvalue weighted by Crippen LogP contribution is 2.25. The lowest BCUT2D eigenvalue weighted by Gasteiger charge is -2.16. The zero-order valence-electron chi connectivity index (χ0n) is 12.6. The van der Waals surface area contributed by atoms with E-state index in [1.165, 1.54) is 0 Å². The largest absolute Gasteiger partial charge is 0.370 e. The highest BCUT2D eigenvalue weighted by atomic mass is 35.5. The molecule has 2 rings (SSSR count). The Hall–Kier alpha value is -1.72. The normalized spacial score (nSPS) is 13.2. The number of guanidine groups is 1. The lowest BCUT2D eigenvalue weighted by Crippen LogP contribution is -2.34. The third kappa shape index (κ3) is 4.15. The number of hydrogen-bond acceptors (Lipinski definition) is 2. The van der Waals surface area contributed by atoms with Gasteiger partial charge in [0.25, 0.3) is 0 Å². The molecule has 118 valence electrons. The molecule has 1 atom stereocenters. The van der Waals surface area contributed by atoms with Gasteiger partial charge in [-0.3, -0.25) is 0 Å². The zero-order valence-corrected chi connectivity index (χ0v) is 14.1. The smallest absolute Gasteiger partial charge is 0.189 e. The fourth-order valence-corrected chi connectivity index (χ4v) is 2.71. The van der Waals surface area contributed by atoms with Crippen molar-refractivity contribution < 1.29 is 0 Å². The van der Waals surface area contributed by atoms with Gasteiger partial charge in [-0.15, -0.1) is 0 Å². The third-order valence-corrected chi connectivity index (χ3v) is 3.89. The Morgan fingerprint density at radius 1 is 1.45 bits per heavy atom. The number of halogens is 2. The summed E-state index contributed by atoms with van der Waals surface area (Å²) in [6.07, 6.45) is 3.68. The molecule has 0 aliphatic carbocycles. The first-order valence-electron chi connectivity index (χ1n) is 7.02. The molecule has 0 bridgehead atoms. The number of aryl methyl sites for hydroxylation is 1. The van der Waals surface area contributed by atoms with Gasteiger partial charge in [0.1, 0.15) is 12.4 Å². The van der Waals surface area contributed by atoms with Crippen molar-refractivity contribution >= 4 is 29.2 Å². The van der Waals surface area contributed by atoms with Gasteiger partial charge in [0.05, 0.1) is 6.04 Å². The molecule has 0 aliphatic heterocycles. The standard InChI is InChI=1S/C15H19Cl2N5/c1-3-22-7-6-19-14(22)9-20-15(18)21-10(2)12-5-4-11(16)8-13(12)17/h4-8,10H,3,9H2,1-2H3,(H3,18,20,21). The predicted octanol–water partition coefficient (Wildman–Crippen LogP) is 3.38. The second-order valence-corrected chi connectivity index (χ2v) is 5.71. The topological polar surface area (TPSA) is 68.2 Å². The monoisotopic (exact) mass is 339 g/mol. The molecule has 1 aromatic heterocycles. The van der Waals surface area contributed by atoms with Gasteiger partial charge in [0.15, 0.2) is 5.96 Å². The van der Waals surface area contributed by atoms with Gasteiger partial charge in [-0.2, -0.15) is 0 Å². The number of imidazole rings is 1. The van der Waals surface area contributed by atoms with Crippen molar-refractivity contribution in [2.75, 3.05) is 0 Å². The van der Waals surface area contributed by atoms with Crippen molar-refractivity contribution in [2.24, 2.45) is 10.7 Å². The summed E-state index contributed by atoms with van der Waals surface area (Å²) < 4.78 is 2.02. The van der Waals surface area contributed by atoms with Crippen LogP contribution in [0.15, 0.2) is 35.6 Å². The summed E-state index contributed by atoms with van der Waals surface area (Å²) >= 11 is 12.1. The van der Waals surface area contributed by atoms with Crippen LogP contribution < -0.4 is 11.1 Å². The summed E-state index contributed by atoms with van der Waals surface area (Å²) in [5.74, 6) is 1.23. The minimum Gasteiger partial charge on any atom is -0.370 e. The van der Waals surface area contributed by atoms with E-state index in [-0.39, 0.29) is 6.04 Å². The molecule has 3 N–H and O–H groups in total. The number of nitrogens with two attached hydrogens (primary N) is 1. The molecule has 0 saturated heterocycles. The first kappa shape index (κ1) is 16.6. The Balaban J connectivity index is 2.01. The maximum atomic E-state index is 6.19. The van der Waals surface area contributed by atoms with E-state index in [9.17, 15) is 0 Å². The summed E-state index contributed by atoms with van der Waals surface area (Å²) in [5, 5.41) is 4.32. The van der Waals surface area contributed by atoms with Crippen LogP contribution in [0, 0.1) is 0 Å². The molecule has 0 spiro atoms. The Labute approximate surface area is 140 Å². The van der Waals surface area contributed by atoms with Crippen LogP contribution >= 0.6 is 23.2 Å². The van der Waals surface area contributed by atoms with Crippen molar-refractivity contribution in [3.63, 3.8) is 0 Å². The van der Waals surface area contributed by atoms with E-state index in [0.29, 0.717) is 22.5 Å². The van der Waals surface area contributed by atoms with Crippen molar-refractivity contribution in [2.45, 2.75) is 33.0 Å². The molecule has 7 heteroatoms. The van der Waals surface area contributed by atoms with Gasteiger partial charge < -0.3 is 15.6 Å². The zero-order chi connectivity index (χ0) is 16.1. The molecule has 2 aromatic rings. The number of hydrogen-bond donors (Lipinski definition) is 2. The molecule has 0 radical (unpaired) electrons. The molecule has 0 amide bonds. The first-order chi connectivity index (χ1) is 10.5. The van der Waals surface area contributed by atoms with E-state index >= 15 is 0 Å². The second kappa shape index (κ2) is 7.51. The van der Waals surface area contributed by atoms with Gasteiger partial charge in [0.2, 0.25) is 0 Å². The minimum absolute atomic E-state index is 0.0700. The van der Waals surface area contributed by atoms with Gasteiger partial charge in [-0.25, -0.2) is 9.98 Å². The van der Waals surface area contributed by atoms with Gasteiger partial charge in [-0.05, 0) is 31.5 Å². The average molecular weight is 340 g/mol. The molecule has 5 nitrogen and oxygen atoms in total. The summed E-state index contributed by atoms with van der Waals surface area (Å²) in [5.41, 5.74) is 6.85. The highest BCUT2D eigenvalue weighted by Gasteiger charge is 2.10. The van der Waals surface area contributed by atoms with Crippen LogP contribution in [0.4, 0.5) is 0 Å². The van der Waals surface area contributed by atoms with Gasteiger partial charge in [0, 0.05) is 29.0 Å². The van der Waals surface area contributed by atoms with Crippen LogP contribution in [-0.2, 0) is 13.1 Å². The molecular weight excluding hydrogens is 321 g/mol. The number of aliphatic imine (C=N–C) groups is 1. The SMILES string of the molecule is CCn1ccnc1CN=C(N)NC(C)c1ccc(Cl)cc1Cl. The summed E-state index contributed by atoms with van der Waals surface area (Å²) in [4.78, 5) is 8.58. The lowest BCUT2D eigenvalue weighted by atomic mass is 10.1. The molecule has 0 saturated carbocycles. The molecule has 22 heavy (non-hydrogen) atoms. The summed E-state index contributed by atoms with van der Waals surface area (Å²) in [7, 11) is 0. The number of benzene rings is 1. The minimum atomic E-state index is -0.0700. The van der Waals surface area contributed by atoms with E-state index in [1.807, 2.05) is 23.8 Å². The Bertz CT molecular complexity index is 666. The summed E-state index contributed by atoms with van der Waals surface area (Å²) in [6, 6.07) is 5.31. The number of nitrogens with zero attached hydrogens (tertiary/aromatic N) is 3. The summed E-state index contributed by atoms with van der Waals surface area (Å²) in [6.45, 7) is 5.31. The highest BCUT2D eigenvalue weighted by molar-refractivity contribution is 6.35. The average Bonchev–Trinajstić information content (AvgIpc) is 2.92. The fourth-order valence-electron chi connectivity index (χ4n) is 2.13. The van der Waals surface area contributed by atoms with Crippen LogP contribution in [0.3, 0.4) is 0 Å². The number of rotatable bonds is 5. The number of nitrogens with one attached hydrogen (secondary N) is 1. The maximum Gasteiger partial charge on any atom is 0.189 e. The van der Waals surface area contributed by atoms with E-state index in [1.54, 1.807) is 18.3 Å².